The summed E-state index contributed by atoms with van der Waals surface area (Å²) in [6.07, 6.45) is 12.5. The zero-order chi connectivity index (χ0) is 28.2. The van der Waals surface area contributed by atoms with Gasteiger partial charge in [0, 0.05) is 25.7 Å². The first kappa shape index (κ1) is 33.5. The lowest BCUT2D eigenvalue weighted by atomic mass is 9.86. The molecular formula is C27H46N2O9. The summed E-state index contributed by atoms with van der Waals surface area (Å²) in [5, 5.41) is 32.4. The predicted molar refractivity (Wildman–Crippen MR) is 140 cm³/mol. The van der Waals surface area contributed by atoms with Crippen LogP contribution in [0.25, 0.3) is 0 Å². The van der Waals surface area contributed by atoms with E-state index in [4.69, 9.17) is 4.74 Å². The first-order valence-corrected chi connectivity index (χ1v) is 14.0. The molecule has 4 atom stereocenters. The van der Waals surface area contributed by atoms with Crippen LogP contribution in [-0.4, -0.2) is 64.9 Å². The minimum absolute atomic E-state index is 0.0314. The first-order chi connectivity index (χ1) is 18.2. The molecule has 1 amide bonds. The molecule has 0 aromatic carbocycles. The second kappa shape index (κ2) is 20.4. The number of aliphatic hydroxyl groups excluding tert-OH is 2. The first-order valence-electron chi connectivity index (χ1n) is 14.0. The lowest BCUT2D eigenvalue weighted by Crippen LogP contribution is -2.30. The van der Waals surface area contributed by atoms with E-state index in [1.54, 1.807) is 0 Å². The molecule has 0 aliphatic heterocycles. The highest BCUT2D eigenvalue weighted by Crippen LogP contribution is 2.38. The van der Waals surface area contributed by atoms with E-state index in [-0.39, 0.29) is 56.1 Å². The van der Waals surface area contributed by atoms with Crippen molar-refractivity contribution in [2.24, 2.45) is 11.8 Å². The third-order valence-electron chi connectivity index (χ3n) is 6.86. The van der Waals surface area contributed by atoms with Crippen molar-refractivity contribution in [3.05, 3.63) is 22.3 Å². The van der Waals surface area contributed by atoms with Crippen LogP contribution in [0.3, 0.4) is 0 Å². The molecule has 0 saturated heterocycles. The molecule has 1 aliphatic carbocycles. The van der Waals surface area contributed by atoms with E-state index in [0.29, 0.717) is 44.9 Å². The van der Waals surface area contributed by atoms with Gasteiger partial charge in [-0.05, 0) is 50.4 Å². The van der Waals surface area contributed by atoms with Crippen LogP contribution in [0.4, 0.5) is 0 Å². The average molecular weight is 543 g/mol. The van der Waals surface area contributed by atoms with Gasteiger partial charge in [0.1, 0.15) is 12.3 Å². The number of ether oxygens (including phenoxy) is 1. The standard InChI is InChI=1S/C27H46N2O9/c1-2-3-4-5-8-12-21(30)15-16-23-22(24(31)19-25(23)32)13-9-6-7-10-14-26(33)28-20-27(34)37-17-11-18-38-29(35)36/h6,9,22-25,31-32H,2-5,7-8,10-20H2,1H3,(H,28,33)/b9-6-/t22-,23-,24+,25-/m1/s1. The Morgan fingerprint density at radius 3 is 2.42 bits per heavy atom. The molecule has 0 unspecified atom stereocenters. The SMILES string of the molecule is CCCCCCCC(=O)CC[C@@H]1[C@@H](C/C=C\CCCC(=O)NCC(=O)OCCCO[N+](=O)[O-])[C@@H](O)C[C@H]1O. The predicted octanol–water partition coefficient (Wildman–Crippen LogP) is 3.43. The van der Waals surface area contributed by atoms with Gasteiger partial charge in [-0.25, -0.2) is 0 Å². The molecule has 1 saturated carbocycles. The van der Waals surface area contributed by atoms with Gasteiger partial charge in [-0.15, -0.1) is 10.1 Å². The summed E-state index contributed by atoms with van der Waals surface area (Å²) in [5.74, 6) is -0.849. The number of nitrogens with zero attached hydrogens (tertiary/aromatic N) is 1. The number of hydrogen-bond acceptors (Lipinski definition) is 9. The summed E-state index contributed by atoms with van der Waals surface area (Å²) in [5.41, 5.74) is 0. The highest BCUT2D eigenvalue weighted by Gasteiger charge is 2.40. The van der Waals surface area contributed by atoms with Gasteiger partial charge in [0.2, 0.25) is 5.91 Å². The maximum absolute atomic E-state index is 12.2. The summed E-state index contributed by atoms with van der Waals surface area (Å²) in [4.78, 5) is 49.8. The van der Waals surface area contributed by atoms with Crippen LogP contribution < -0.4 is 5.32 Å². The number of nitrogens with one attached hydrogen (secondary N) is 1. The van der Waals surface area contributed by atoms with E-state index in [2.05, 4.69) is 17.1 Å². The van der Waals surface area contributed by atoms with Crippen LogP contribution in [0, 0.1) is 22.0 Å². The number of rotatable bonds is 22. The summed E-state index contributed by atoms with van der Waals surface area (Å²) in [6.45, 7) is 1.70. The van der Waals surface area contributed by atoms with Gasteiger partial charge >= 0.3 is 5.97 Å². The van der Waals surface area contributed by atoms with Crippen LogP contribution in [0.2, 0.25) is 0 Å². The highest BCUT2D eigenvalue weighted by molar-refractivity contribution is 5.81. The van der Waals surface area contributed by atoms with E-state index in [0.717, 1.165) is 19.3 Å². The van der Waals surface area contributed by atoms with Crippen molar-refractivity contribution in [3.63, 3.8) is 0 Å². The number of amides is 1. The Bertz CT molecular complexity index is 744. The molecule has 1 aliphatic rings. The number of esters is 1. The van der Waals surface area contributed by atoms with E-state index >= 15 is 0 Å². The number of carbonyl (C=O) groups excluding carboxylic acids is 3. The molecule has 0 aromatic heterocycles. The number of hydrogen-bond donors (Lipinski definition) is 3. The van der Waals surface area contributed by atoms with E-state index in [1.165, 1.54) is 12.8 Å². The Labute approximate surface area is 225 Å². The van der Waals surface area contributed by atoms with Crippen LogP contribution in [0.1, 0.15) is 96.8 Å². The molecule has 0 aromatic rings. The van der Waals surface area contributed by atoms with Crippen molar-refractivity contribution >= 4 is 17.7 Å². The fraction of sp³-hybridized carbons (Fsp3) is 0.815. The van der Waals surface area contributed by atoms with Crippen molar-refractivity contribution in [2.45, 2.75) is 109 Å². The van der Waals surface area contributed by atoms with Crippen LogP contribution in [0.15, 0.2) is 12.2 Å². The third-order valence-corrected chi connectivity index (χ3v) is 6.86. The zero-order valence-electron chi connectivity index (χ0n) is 22.7. The molecule has 0 spiro atoms. The molecule has 1 rings (SSSR count). The molecular weight excluding hydrogens is 496 g/mol. The second-order valence-electron chi connectivity index (χ2n) is 9.95. The van der Waals surface area contributed by atoms with E-state index < -0.39 is 23.3 Å². The molecule has 11 nitrogen and oxygen atoms in total. The van der Waals surface area contributed by atoms with E-state index in [9.17, 15) is 34.7 Å². The molecule has 0 radical (unpaired) electrons. The second-order valence-corrected chi connectivity index (χ2v) is 9.95. The molecule has 0 bridgehead atoms. The highest BCUT2D eigenvalue weighted by atomic mass is 16.9. The van der Waals surface area contributed by atoms with Gasteiger partial charge in [-0.1, -0.05) is 44.8 Å². The van der Waals surface area contributed by atoms with Crippen molar-refractivity contribution < 1.29 is 39.3 Å². The summed E-state index contributed by atoms with van der Waals surface area (Å²) in [6, 6.07) is 0. The minimum atomic E-state index is -0.918. The van der Waals surface area contributed by atoms with Crippen molar-refractivity contribution in [3.8, 4) is 0 Å². The number of Topliss-reactive ketones (excluding diaryl/α,β-unsaturated/α-hetero) is 1. The summed E-state index contributed by atoms with van der Waals surface area (Å²) in [7, 11) is 0. The Hall–Kier alpha value is -2.53. The van der Waals surface area contributed by atoms with Crippen molar-refractivity contribution in [1.82, 2.24) is 5.32 Å². The van der Waals surface area contributed by atoms with Gasteiger partial charge in [0.25, 0.3) is 5.09 Å². The number of unbranched alkanes of at least 4 members (excludes halogenated alkanes) is 5. The van der Waals surface area contributed by atoms with Crippen LogP contribution in [0.5, 0.6) is 0 Å². The van der Waals surface area contributed by atoms with E-state index in [1.807, 2.05) is 12.2 Å². The Kier molecular flexibility index (Phi) is 18.0. The molecule has 3 N–H and O–H groups in total. The quantitative estimate of drug-likeness (QED) is 0.0611. The number of ketones is 1. The smallest absolute Gasteiger partial charge is 0.325 e. The number of carbonyl (C=O) groups is 3. The molecule has 218 valence electrons. The maximum Gasteiger partial charge on any atom is 0.325 e. The van der Waals surface area contributed by atoms with Crippen molar-refractivity contribution in [1.29, 1.82) is 0 Å². The lowest BCUT2D eigenvalue weighted by Gasteiger charge is -2.22. The number of allylic oxidation sites excluding steroid dienone is 2. The number of aliphatic hydroxyl groups is 2. The normalized spacial score (nSPS) is 20.9. The topological polar surface area (TPSA) is 165 Å². The fourth-order valence-corrected chi connectivity index (χ4v) is 4.73. The van der Waals surface area contributed by atoms with Gasteiger partial charge < -0.3 is 25.1 Å². The molecule has 11 heteroatoms. The minimum Gasteiger partial charge on any atom is -0.464 e. The summed E-state index contributed by atoms with van der Waals surface area (Å²) < 4.78 is 4.84. The zero-order valence-corrected chi connectivity index (χ0v) is 22.7. The van der Waals surface area contributed by atoms with Gasteiger partial charge in [0.05, 0.1) is 25.4 Å². The molecule has 1 fully saturated rings. The average Bonchev–Trinajstić information content (AvgIpc) is 3.14. The van der Waals surface area contributed by atoms with Crippen molar-refractivity contribution in [2.75, 3.05) is 19.8 Å². The maximum atomic E-state index is 12.2. The largest absolute Gasteiger partial charge is 0.464 e. The Morgan fingerprint density at radius 1 is 0.947 bits per heavy atom. The molecule has 0 heterocycles. The third kappa shape index (κ3) is 15.7. The van der Waals surface area contributed by atoms with Gasteiger partial charge in [-0.3, -0.25) is 14.4 Å². The van der Waals surface area contributed by atoms with Crippen LogP contribution in [-0.2, 0) is 24.0 Å². The lowest BCUT2D eigenvalue weighted by molar-refractivity contribution is -0.757. The Balaban J connectivity index is 2.20. The Morgan fingerprint density at radius 2 is 1.68 bits per heavy atom. The fourth-order valence-electron chi connectivity index (χ4n) is 4.73. The molecule has 38 heavy (non-hydrogen) atoms. The summed E-state index contributed by atoms with van der Waals surface area (Å²) >= 11 is 0. The van der Waals surface area contributed by atoms with Crippen LogP contribution >= 0.6 is 0 Å². The van der Waals surface area contributed by atoms with Gasteiger partial charge in [0.15, 0.2) is 0 Å². The monoisotopic (exact) mass is 542 g/mol. The van der Waals surface area contributed by atoms with Gasteiger partial charge in [-0.2, -0.15) is 0 Å².